The lowest BCUT2D eigenvalue weighted by molar-refractivity contribution is -0.130. The smallest absolute Gasteiger partial charge is 0.166 e. The Morgan fingerprint density at radius 2 is 2.00 bits per heavy atom. The van der Waals surface area contributed by atoms with E-state index in [1.54, 1.807) is 6.07 Å². The fourth-order valence-corrected chi connectivity index (χ4v) is 1.88. The Hall–Kier alpha value is -1.42. The lowest BCUT2D eigenvalue weighted by Crippen LogP contribution is -2.27. The first-order valence-corrected chi connectivity index (χ1v) is 6.68. The average Bonchev–Trinajstić information content (AvgIpc) is 2.88. The minimum atomic E-state index is -0.896. The van der Waals surface area contributed by atoms with E-state index in [4.69, 9.17) is 4.42 Å². The summed E-state index contributed by atoms with van der Waals surface area (Å²) in [6, 6.07) is 1.64. The monoisotopic (exact) mass is 266 g/mol. The van der Waals surface area contributed by atoms with E-state index in [0.29, 0.717) is 24.8 Å². The zero-order chi connectivity index (χ0) is 14.4. The molecule has 1 aromatic heterocycles. The molecule has 4 heteroatoms. The summed E-state index contributed by atoms with van der Waals surface area (Å²) < 4.78 is 4.86. The minimum absolute atomic E-state index is 0.0254. The van der Waals surface area contributed by atoms with Crippen molar-refractivity contribution in [1.29, 1.82) is 0 Å². The standard InChI is InChI=1S/C15H22O4/c1-10(2)15(18)14(17)8-11(3)4-5-13(16)12-6-7-19-9-12/h6-7,9-11,15,18H,4-5,8H2,1-3H3. The van der Waals surface area contributed by atoms with Crippen LogP contribution < -0.4 is 0 Å². The Labute approximate surface area is 113 Å². The van der Waals surface area contributed by atoms with Gasteiger partial charge in [0, 0.05) is 12.8 Å². The van der Waals surface area contributed by atoms with Gasteiger partial charge in [0.05, 0.1) is 11.8 Å². The quantitative estimate of drug-likeness (QED) is 0.735. The molecule has 0 aromatic carbocycles. The maximum atomic E-state index is 11.7. The van der Waals surface area contributed by atoms with E-state index in [0.717, 1.165) is 0 Å². The van der Waals surface area contributed by atoms with Crippen LogP contribution in [0.5, 0.6) is 0 Å². The molecule has 0 fully saturated rings. The molecule has 0 aliphatic rings. The van der Waals surface area contributed by atoms with Crippen LogP contribution in [0.2, 0.25) is 0 Å². The van der Waals surface area contributed by atoms with Crippen molar-refractivity contribution in [2.24, 2.45) is 11.8 Å². The molecule has 2 atom stereocenters. The number of furan rings is 1. The van der Waals surface area contributed by atoms with Gasteiger partial charge in [0.25, 0.3) is 0 Å². The van der Waals surface area contributed by atoms with Gasteiger partial charge >= 0.3 is 0 Å². The lowest BCUT2D eigenvalue weighted by Gasteiger charge is -2.16. The molecule has 1 rings (SSSR count). The Balaban J connectivity index is 2.34. The van der Waals surface area contributed by atoms with Crippen molar-refractivity contribution in [2.75, 3.05) is 0 Å². The molecule has 0 aliphatic heterocycles. The molecule has 2 unspecified atom stereocenters. The first-order chi connectivity index (χ1) is 8.91. The number of hydrogen-bond donors (Lipinski definition) is 1. The summed E-state index contributed by atoms with van der Waals surface area (Å²) in [7, 11) is 0. The topological polar surface area (TPSA) is 67.5 Å². The SMILES string of the molecule is CC(CCC(=O)c1ccoc1)CC(=O)C(O)C(C)C. The summed E-state index contributed by atoms with van der Waals surface area (Å²) in [5, 5.41) is 9.64. The van der Waals surface area contributed by atoms with Gasteiger partial charge < -0.3 is 9.52 Å². The number of aliphatic hydroxyl groups excluding tert-OH is 1. The predicted octanol–water partition coefficient (Wildman–Crippen LogP) is 2.85. The van der Waals surface area contributed by atoms with Gasteiger partial charge in [0.2, 0.25) is 0 Å². The molecule has 19 heavy (non-hydrogen) atoms. The first kappa shape index (κ1) is 15.6. The largest absolute Gasteiger partial charge is 0.472 e. The van der Waals surface area contributed by atoms with E-state index in [2.05, 4.69) is 0 Å². The third-order valence-corrected chi connectivity index (χ3v) is 3.22. The molecule has 0 bridgehead atoms. The van der Waals surface area contributed by atoms with Crippen molar-refractivity contribution >= 4 is 11.6 Å². The molecule has 0 radical (unpaired) electrons. The number of carbonyl (C=O) groups excluding carboxylic acids is 2. The fourth-order valence-electron chi connectivity index (χ4n) is 1.88. The molecule has 0 saturated carbocycles. The fraction of sp³-hybridized carbons (Fsp3) is 0.600. The number of hydrogen-bond acceptors (Lipinski definition) is 4. The molecule has 0 spiro atoms. The van der Waals surface area contributed by atoms with Crippen LogP contribution in [0.25, 0.3) is 0 Å². The van der Waals surface area contributed by atoms with E-state index in [9.17, 15) is 14.7 Å². The molecular formula is C15H22O4. The highest BCUT2D eigenvalue weighted by molar-refractivity contribution is 5.95. The Morgan fingerprint density at radius 3 is 2.53 bits per heavy atom. The second-order valence-corrected chi connectivity index (χ2v) is 5.44. The van der Waals surface area contributed by atoms with Crippen molar-refractivity contribution < 1.29 is 19.1 Å². The van der Waals surface area contributed by atoms with Gasteiger partial charge in [-0.1, -0.05) is 20.8 Å². The second kappa shape index (κ2) is 7.24. The van der Waals surface area contributed by atoms with E-state index in [1.165, 1.54) is 12.5 Å². The summed E-state index contributed by atoms with van der Waals surface area (Å²) in [4.78, 5) is 23.5. The highest BCUT2D eigenvalue weighted by atomic mass is 16.3. The number of carbonyl (C=O) groups is 2. The summed E-state index contributed by atoms with van der Waals surface area (Å²) >= 11 is 0. The second-order valence-electron chi connectivity index (χ2n) is 5.44. The van der Waals surface area contributed by atoms with Gasteiger partial charge in [-0.05, 0) is 24.3 Å². The van der Waals surface area contributed by atoms with E-state index in [1.807, 2.05) is 20.8 Å². The zero-order valence-corrected chi connectivity index (χ0v) is 11.8. The van der Waals surface area contributed by atoms with Crippen molar-refractivity contribution in [3.05, 3.63) is 24.2 Å². The van der Waals surface area contributed by atoms with E-state index < -0.39 is 6.10 Å². The van der Waals surface area contributed by atoms with Crippen molar-refractivity contribution in [3.63, 3.8) is 0 Å². The Kier molecular flexibility index (Phi) is 5.96. The molecule has 1 heterocycles. The zero-order valence-electron chi connectivity index (χ0n) is 11.8. The van der Waals surface area contributed by atoms with Gasteiger partial charge in [-0.2, -0.15) is 0 Å². The predicted molar refractivity (Wildman–Crippen MR) is 71.9 cm³/mol. The normalized spacial score (nSPS) is 14.4. The van der Waals surface area contributed by atoms with Crippen LogP contribution >= 0.6 is 0 Å². The van der Waals surface area contributed by atoms with Crippen LogP contribution in [0.1, 0.15) is 50.4 Å². The molecule has 1 aromatic rings. The average molecular weight is 266 g/mol. The van der Waals surface area contributed by atoms with Gasteiger partial charge in [-0.3, -0.25) is 9.59 Å². The van der Waals surface area contributed by atoms with Gasteiger partial charge in [-0.15, -0.1) is 0 Å². The number of Topliss-reactive ketones (excluding diaryl/α,β-unsaturated/α-hetero) is 2. The Bertz CT molecular complexity index is 406. The van der Waals surface area contributed by atoms with Crippen LogP contribution in [0.3, 0.4) is 0 Å². The molecule has 0 aliphatic carbocycles. The molecule has 106 valence electrons. The van der Waals surface area contributed by atoms with Gasteiger partial charge in [0.1, 0.15) is 12.4 Å². The first-order valence-electron chi connectivity index (χ1n) is 6.68. The van der Waals surface area contributed by atoms with Gasteiger partial charge in [-0.25, -0.2) is 0 Å². The highest BCUT2D eigenvalue weighted by Crippen LogP contribution is 2.16. The minimum Gasteiger partial charge on any atom is -0.472 e. The van der Waals surface area contributed by atoms with Crippen LogP contribution in [-0.2, 0) is 4.79 Å². The maximum Gasteiger partial charge on any atom is 0.166 e. The third kappa shape index (κ3) is 4.99. The van der Waals surface area contributed by atoms with Crippen LogP contribution in [0.4, 0.5) is 0 Å². The summed E-state index contributed by atoms with van der Waals surface area (Å²) in [6.45, 7) is 5.55. The van der Waals surface area contributed by atoms with Crippen LogP contribution in [0, 0.1) is 11.8 Å². The van der Waals surface area contributed by atoms with Crippen molar-refractivity contribution in [2.45, 2.75) is 46.1 Å². The molecule has 0 amide bonds. The highest BCUT2D eigenvalue weighted by Gasteiger charge is 2.21. The van der Waals surface area contributed by atoms with E-state index in [-0.39, 0.29) is 23.4 Å². The molecule has 0 saturated heterocycles. The number of ketones is 2. The van der Waals surface area contributed by atoms with Crippen LogP contribution in [0.15, 0.2) is 23.0 Å². The van der Waals surface area contributed by atoms with Crippen molar-refractivity contribution in [3.8, 4) is 0 Å². The van der Waals surface area contributed by atoms with Crippen LogP contribution in [-0.4, -0.2) is 22.8 Å². The summed E-state index contributed by atoms with van der Waals surface area (Å²) in [5.41, 5.74) is 0.570. The number of rotatable bonds is 8. The molecular weight excluding hydrogens is 244 g/mol. The van der Waals surface area contributed by atoms with Gasteiger partial charge in [0.15, 0.2) is 11.6 Å². The number of aliphatic hydroxyl groups is 1. The lowest BCUT2D eigenvalue weighted by atomic mass is 9.92. The Morgan fingerprint density at radius 1 is 1.32 bits per heavy atom. The van der Waals surface area contributed by atoms with E-state index >= 15 is 0 Å². The van der Waals surface area contributed by atoms with Crippen molar-refractivity contribution in [1.82, 2.24) is 0 Å². The summed E-state index contributed by atoms with van der Waals surface area (Å²) in [6.07, 6.45) is 3.36. The molecule has 1 N–H and O–H groups in total. The third-order valence-electron chi connectivity index (χ3n) is 3.22. The maximum absolute atomic E-state index is 11.7. The molecule has 4 nitrogen and oxygen atoms in total. The summed E-state index contributed by atoms with van der Waals surface area (Å²) in [5.74, 6) is -0.0836.